The number of thioether (sulfide) groups is 1. The van der Waals surface area contributed by atoms with Gasteiger partial charge in [0.25, 0.3) is 11.6 Å². The lowest BCUT2D eigenvalue weighted by atomic mass is 10.1. The fraction of sp³-hybridized carbons (Fsp3) is 0.0909. The summed E-state index contributed by atoms with van der Waals surface area (Å²) in [7, 11) is 1.45. The Kier molecular flexibility index (Phi) is 4.10. The summed E-state index contributed by atoms with van der Waals surface area (Å²) in [5, 5.41) is 31.5. The molecule has 2 rings (SSSR count). The van der Waals surface area contributed by atoms with E-state index in [4.69, 9.17) is 12.2 Å². The first-order chi connectivity index (χ1) is 10.2. The van der Waals surface area contributed by atoms with Crippen molar-refractivity contribution in [2.75, 3.05) is 7.05 Å². The molecule has 1 aliphatic heterocycles. The van der Waals surface area contributed by atoms with E-state index in [9.17, 15) is 30.1 Å². The molecule has 11 heteroatoms. The molecule has 0 aromatic heterocycles. The van der Waals surface area contributed by atoms with Gasteiger partial charge >= 0.3 is 5.69 Å². The van der Waals surface area contributed by atoms with Gasteiger partial charge in [0.1, 0.15) is 4.32 Å². The number of nitrogens with zero attached hydrogens (tertiary/aromatic N) is 3. The predicted molar refractivity (Wildman–Crippen MR) is 82.4 cm³/mol. The van der Waals surface area contributed by atoms with E-state index in [2.05, 4.69) is 0 Å². The minimum Gasteiger partial charge on any atom is -0.502 e. The Bertz CT molecular complexity index is 760. The first kappa shape index (κ1) is 15.9. The topological polar surface area (TPSA) is 127 Å². The van der Waals surface area contributed by atoms with E-state index in [1.54, 1.807) is 0 Å². The number of phenols is 1. The van der Waals surface area contributed by atoms with Crippen molar-refractivity contribution in [2.24, 2.45) is 0 Å². The minimum atomic E-state index is -0.940. The molecule has 0 radical (unpaired) electrons. The lowest BCUT2D eigenvalue weighted by Crippen LogP contribution is -2.22. The zero-order chi connectivity index (χ0) is 16.6. The third-order valence-electron chi connectivity index (χ3n) is 2.78. The number of carbonyl (C=O) groups excluding carboxylic acids is 1. The molecule has 1 N–H and O–H groups in total. The first-order valence-corrected chi connectivity index (χ1v) is 6.82. The number of thiocarbonyl (C=S) groups is 1. The van der Waals surface area contributed by atoms with E-state index in [-0.39, 0.29) is 14.8 Å². The zero-order valence-corrected chi connectivity index (χ0v) is 12.5. The maximum Gasteiger partial charge on any atom is 0.318 e. The van der Waals surface area contributed by atoms with E-state index in [0.717, 1.165) is 23.9 Å². The summed E-state index contributed by atoms with van der Waals surface area (Å²) in [4.78, 5) is 33.1. The largest absolute Gasteiger partial charge is 0.502 e. The van der Waals surface area contributed by atoms with Crippen LogP contribution in [0.3, 0.4) is 0 Å². The second kappa shape index (κ2) is 5.69. The van der Waals surface area contributed by atoms with Gasteiger partial charge in [0.15, 0.2) is 0 Å². The summed E-state index contributed by atoms with van der Waals surface area (Å²) < 4.78 is 0.274. The fourth-order valence-corrected chi connectivity index (χ4v) is 2.84. The Balaban J connectivity index is 2.60. The molecule has 1 aromatic rings. The SMILES string of the molecule is CN1C(=O)/C(=C\c2cc([N+](=O)[O-])cc([N+](=O)[O-])c2O)SC1=S. The van der Waals surface area contributed by atoms with E-state index in [0.29, 0.717) is 6.07 Å². The number of likely N-dealkylation sites (N-methyl/N-ethyl adjacent to an activating group) is 1. The van der Waals surface area contributed by atoms with Crippen LogP contribution in [-0.2, 0) is 4.79 Å². The number of non-ortho nitro benzene ring substituents is 1. The van der Waals surface area contributed by atoms with Crippen LogP contribution in [0.4, 0.5) is 11.4 Å². The fourth-order valence-electron chi connectivity index (χ4n) is 1.67. The summed E-state index contributed by atoms with van der Waals surface area (Å²) in [5.74, 6) is -1.21. The molecule has 0 saturated carbocycles. The van der Waals surface area contributed by atoms with Crippen LogP contribution in [0.1, 0.15) is 5.56 Å². The van der Waals surface area contributed by atoms with Crippen molar-refractivity contribution in [1.82, 2.24) is 4.90 Å². The molecule has 114 valence electrons. The molecule has 1 heterocycles. The maximum absolute atomic E-state index is 11.9. The van der Waals surface area contributed by atoms with E-state index in [1.807, 2.05) is 0 Å². The number of carbonyl (C=O) groups is 1. The number of phenolic OH excluding ortho intramolecular Hbond substituents is 1. The van der Waals surface area contributed by atoms with Crippen LogP contribution < -0.4 is 0 Å². The molecule has 1 amide bonds. The average Bonchev–Trinajstić information content (AvgIpc) is 2.68. The third-order valence-corrected chi connectivity index (χ3v) is 4.27. The highest BCUT2D eigenvalue weighted by Crippen LogP contribution is 2.38. The van der Waals surface area contributed by atoms with Crippen molar-refractivity contribution in [1.29, 1.82) is 0 Å². The molecule has 1 aromatic carbocycles. The molecular formula is C11H7N3O6S2. The van der Waals surface area contributed by atoms with Crippen LogP contribution in [-0.4, -0.2) is 37.1 Å². The third kappa shape index (κ3) is 2.76. The number of hydrogen-bond acceptors (Lipinski definition) is 8. The molecule has 1 fully saturated rings. The monoisotopic (exact) mass is 341 g/mol. The van der Waals surface area contributed by atoms with Gasteiger partial charge in [0, 0.05) is 18.7 Å². The molecule has 22 heavy (non-hydrogen) atoms. The maximum atomic E-state index is 11.9. The Labute approximate surface area is 132 Å². The molecule has 1 saturated heterocycles. The van der Waals surface area contributed by atoms with Crippen LogP contribution in [0.15, 0.2) is 17.0 Å². The normalized spacial score (nSPS) is 16.4. The number of benzene rings is 1. The first-order valence-electron chi connectivity index (χ1n) is 5.59. The van der Waals surface area contributed by atoms with Crippen LogP contribution >= 0.6 is 24.0 Å². The minimum absolute atomic E-state index is 0.109. The second-order valence-electron chi connectivity index (χ2n) is 4.16. The summed E-state index contributed by atoms with van der Waals surface area (Å²) in [5.41, 5.74) is -1.58. The standard InChI is InChI=1S/C11H7N3O6S2/c1-12-10(16)8(22-11(12)21)3-5-2-6(13(17)18)4-7(9(5)15)14(19)20/h2-4,15H,1H3/b8-3+. The number of rotatable bonds is 3. The molecule has 0 unspecified atom stereocenters. The van der Waals surface area contributed by atoms with Crippen LogP contribution in [0.5, 0.6) is 5.75 Å². The van der Waals surface area contributed by atoms with Crippen molar-refractivity contribution in [3.05, 3.63) is 42.8 Å². The van der Waals surface area contributed by atoms with Crippen LogP contribution in [0.25, 0.3) is 6.08 Å². The zero-order valence-electron chi connectivity index (χ0n) is 10.9. The number of amides is 1. The highest BCUT2D eigenvalue weighted by Gasteiger charge is 2.30. The molecule has 9 nitrogen and oxygen atoms in total. The Morgan fingerprint density at radius 2 is 1.95 bits per heavy atom. The summed E-state index contributed by atoms with van der Waals surface area (Å²) in [6.45, 7) is 0. The predicted octanol–water partition coefficient (Wildman–Crippen LogP) is 2.04. The van der Waals surface area contributed by atoms with E-state index in [1.165, 1.54) is 11.9 Å². The summed E-state index contributed by atoms with van der Waals surface area (Å²) in [6.07, 6.45) is 1.14. The lowest BCUT2D eigenvalue weighted by molar-refractivity contribution is -0.394. The second-order valence-corrected chi connectivity index (χ2v) is 5.83. The molecule has 0 spiro atoms. The highest BCUT2D eigenvalue weighted by molar-refractivity contribution is 8.26. The van der Waals surface area contributed by atoms with Crippen LogP contribution in [0, 0.1) is 20.2 Å². The number of aromatic hydroxyl groups is 1. The van der Waals surface area contributed by atoms with Crippen molar-refractivity contribution in [2.45, 2.75) is 0 Å². The Morgan fingerprint density at radius 1 is 1.32 bits per heavy atom. The number of nitro benzene ring substituents is 2. The Morgan fingerprint density at radius 3 is 2.41 bits per heavy atom. The van der Waals surface area contributed by atoms with E-state index < -0.39 is 32.9 Å². The molecule has 1 aliphatic rings. The van der Waals surface area contributed by atoms with Crippen molar-refractivity contribution in [3.63, 3.8) is 0 Å². The highest BCUT2D eigenvalue weighted by atomic mass is 32.2. The van der Waals surface area contributed by atoms with Gasteiger partial charge in [-0.25, -0.2) is 0 Å². The van der Waals surface area contributed by atoms with Gasteiger partial charge in [-0.05, 0) is 6.08 Å². The Hall–Kier alpha value is -2.53. The van der Waals surface area contributed by atoms with Gasteiger partial charge in [-0.15, -0.1) is 0 Å². The smallest absolute Gasteiger partial charge is 0.318 e. The molecule has 0 atom stereocenters. The van der Waals surface area contributed by atoms with Crippen molar-refractivity contribution in [3.8, 4) is 5.75 Å². The summed E-state index contributed by atoms with van der Waals surface area (Å²) >= 11 is 5.86. The molecular weight excluding hydrogens is 334 g/mol. The average molecular weight is 341 g/mol. The van der Waals surface area contributed by atoms with Gasteiger partial charge in [-0.2, -0.15) is 0 Å². The van der Waals surface area contributed by atoms with Gasteiger partial charge in [0.05, 0.1) is 20.8 Å². The lowest BCUT2D eigenvalue weighted by Gasteiger charge is -2.04. The van der Waals surface area contributed by atoms with Gasteiger partial charge in [0.2, 0.25) is 5.75 Å². The summed E-state index contributed by atoms with van der Waals surface area (Å²) in [6, 6.07) is 1.60. The number of nitro groups is 2. The van der Waals surface area contributed by atoms with Crippen molar-refractivity contribution >= 4 is 51.7 Å². The van der Waals surface area contributed by atoms with Crippen LogP contribution in [0.2, 0.25) is 0 Å². The molecule has 0 bridgehead atoms. The molecule has 0 aliphatic carbocycles. The van der Waals surface area contributed by atoms with Crippen molar-refractivity contribution < 1.29 is 19.7 Å². The van der Waals surface area contributed by atoms with Gasteiger partial charge < -0.3 is 5.11 Å². The number of hydrogen-bond donors (Lipinski definition) is 1. The van der Waals surface area contributed by atoms with Gasteiger partial charge in [-0.1, -0.05) is 24.0 Å². The van der Waals surface area contributed by atoms with Gasteiger partial charge in [-0.3, -0.25) is 29.9 Å². The quantitative estimate of drug-likeness (QED) is 0.383. The van der Waals surface area contributed by atoms with E-state index >= 15 is 0 Å².